The largest absolute Gasteiger partial charge is 0.375 e. The van der Waals surface area contributed by atoms with Crippen molar-refractivity contribution < 1.29 is 14.7 Å². The quantitative estimate of drug-likeness (QED) is 0.200. The number of piperidine rings is 1. The zero-order chi connectivity index (χ0) is 33.1. The number of benzene rings is 2. The minimum Gasteiger partial charge on any atom is -0.375 e. The molecule has 1 saturated heterocycles. The van der Waals surface area contributed by atoms with Crippen molar-refractivity contribution in [3.63, 3.8) is 0 Å². The second-order valence-electron chi connectivity index (χ2n) is 13.5. The minimum atomic E-state index is -1.01. The summed E-state index contributed by atoms with van der Waals surface area (Å²) >= 11 is 0. The lowest BCUT2D eigenvalue weighted by molar-refractivity contribution is -0.147. The Morgan fingerprint density at radius 1 is 1.00 bits per heavy atom. The van der Waals surface area contributed by atoms with Crippen LogP contribution in [-0.2, 0) is 16.0 Å². The number of nitrogens with two attached hydrogens (primary N) is 1. The van der Waals surface area contributed by atoms with Gasteiger partial charge in [0, 0.05) is 25.7 Å². The monoisotopic (exact) mass is 627 g/mol. The first-order chi connectivity index (χ1) is 22.0. The average Bonchev–Trinajstić information content (AvgIpc) is 3.06. The van der Waals surface area contributed by atoms with Gasteiger partial charge in [0.1, 0.15) is 12.3 Å². The van der Waals surface area contributed by atoms with E-state index in [9.17, 15) is 14.7 Å². The predicted octanol–water partition coefficient (Wildman–Crippen LogP) is 5.07. The minimum absolute atomic E-state index is 0.146. The van der Waals surface area contributed by atoms with E-state index in [2.05, 4.69) is 41.8 Å². The summed E-state index contributed by atoms with van der Waals surface area (Å²) in [4.78, 5) is 31.6. The van der Waals surface area contributed by atoms with Gasteiger partial charge in [0.25, 0.3) is 5.91 Å². The smallest absolute Gasteiger partial charge is 0.257 e. The van der Waals surface area contributed by atoms with Crippen molar-refractivity contribution in [2.45, 2.75) is 82.6 Å². The van der Waals surface area contributed by atoms with Crippen LogP contribution in [0.15, 0.2) is 91.1 Å². The Kier molecular flexibility index (Phi) is 12.9. The molecule has 1 heterocycles. The molecule has 248 valence electrons. The number of aliphatic hydroxyl groups excluding tert-OH is 1. The molecule has 1 aliphatic heterocycles. The van der Waals surface area contributed by atoms with Gasteiger partial charge >= 0.3 is 0 Å². The number of hydrogen-bond donors (Lipinski definition) is 3. The Hall–Kier alpha value is -3.56. The van der Waals surface area contributed by atoms with Gasteiger partial charge in [0.2, 0.25) is 5.91 Å². The Balaban J connectivity index is 1.59. The Labute approximate surface area is 275 Å². The summed E-state index contributed by atoms with van der Waals surface area (Å²) < 4.78 is 0. The van der Waals surface area contributed by atoms with Crippen molar-refractivity contribution in [1.29, 1.82) is 0 Å². The lowest BCUT2D eigenvalue weighted by Crippen LogP contribution is -2.58. The fourth-order valence-electron chi connectivity index (χ4n) is 6.07. The highest BCUT2D eigenvalue weighted by Gasteiger charge is 2.36. The number of rotatable bonds is 14. The summed E-state index contributed by atoms with van der Waals surface area (Å²) in [6.45, 7) is 5.48. The Morgan fingerprint density at radius 3 is 2.30 bits per heavy atom. The number of likely N-dealkylation sites (N-methyl/N-ethyl adjacent to an activating group) is 2. The van der Waals surface area contributed by atoms with Crippen molar-refractivity contribution in [3.05, 3.63) is 96.6 Å². The third kappa shape index (κ3) is 10.5. The first kappa shape index (κ1) is 35.3. The second kappa shape index (κ2) is 16.8. The van der Waals surface area contributed by atoms with Gasteiger partial charge in [-0.1, -0.05) is 91.4 Å². The van der Waals surface area contributed by atoms with Crippen LogP contribution in [0.1, 0.15) is 57.9 Å². The van der Waals surface area contributed by atoms with Gasteiger partial charge in [-0.15, -0.1) is 0 Å². The molecule has 0 aromatic heterocycles. The van der Waals surface area contributed by atoms with Crippen LogP contribution in [0.2, 0.25) is 0 Å². The first-order valence-electron chi connectivity index (χ1n) is 16.7. The third-order valence-electron chi connectivity index (χ3n) is 8.97. The molecule has 4 rings (SSSR count). The SMILES string of the molecule is CN(C(=O)[C@@H](Cc1ccc(-c2ccccc2)cc1)N(C)C(O)/C=C/CC(C)(C)N)C(CC1C=CC=CC1)C(=O)NN1CCCCC1. The van der Waals surface area contributed by atoms with E-state index in [0.717, 1.165) is 55.5 Å². The fourth-order valence-corrected chi connectivity index (χ4v) is 6.07. The van der Waals surface area contributed by atoms with Crippen molar-refractivity contribution in [1.82, 2.24) is 20.2 Å². The maximum atomic E-state index is 14.5. The van der Waals surface area contributed by atoms with Crippen LogP contribution >= 0.6 is 0 Å². The molecule has 0 spiro atoms. The topological polar surface area (TPSA) is 102 Å². The van der Waals surface area contributed by atoms with Gasteiger partial charge in [-0.3, -0.25) is 19.9 Å². The molecule has 8 heteroatoms. The van der Waals surface area contributed by atoms with E-state index in [4.69, 9.17) is 5.73 Å². The molecule has 3 unspecified atom stereocenters. The van der Waals surface area contributed by atoms with Crippen LogP contribution in [0.4, 0.5) is 0 Å². The van der Waals surface area contributed by atoms with E-state index in [1.165, 1.54) is 0 Å². The second-order valence-corrected chi connectivity index (χ2v) is 13.5. The number of allylic oxidation sites excluding steroid dienone is 4. The van der Waals surface area contributed by atoms with Gasteiger partial charge in [-0.25, -0.2) is 5.01 Å². The van der Waals surface area contributed by atoms with E-state index in [-0.39, 0.29) is 17.7 Å². The van der Waals surface area contributed by atoms with Crippen LogP contribution in [-0.4, -0.2) is 82.8 Å². The number of aliphatic hydroxyl groups is 1. The summed E-state index contributed by atoms with van der Waals surface area (Å²) in [5, 5.41) is 13.2. The molecule has 4 atom stereocenters. The summed E-state index contributed by atoms with van der Waals surface area (Å²) in [7, 11) is 3.48. The van der Waals surface area contributed by atoms with Crippen molar-refractivity contribution in [3.8, 4) is 11.1 Å². The highest BCUT2D eigenvalue weighted by molar-refractivity contribution is 5.89. The lowest BCUT2D eigenvalue weighted by Gasteiger charge is -2.37. The summed E-state index contributed by atoms with van der Waals surface area (Å²) in [5.74, 6) is -0.234. The zero-order valence-corrected chi connectivity index (χ0v) is 28.0. The van der Waals surface area contributed by atoms with E-state index in [0.29, 0.717) is 19.3 Å². The third-order valence-corrected chi connectivity index (χ3v) is 8.97. The van der Waals surface area contributed by atoms with E-state index < -0.39 is 23.9 Å². The zero-order valence-electron chi connectivity index (χ0n) is 28.0. The van der Waals surface area contributed by atoms with Crippen LogP contribution in [0, 0.1) is 5.92 Å². The highest BCUT2D eigenvalue weighted by atomic mass is 16.3. The summed E-state index contributed by atoms with van der Waals surface area (Å²) in [6, 6.07) is 17.0. The maximum absolute atomic E-state index is 14.5. The van der Waals surface area contributed by atoms with Gasteiger partial charge in [0.15, 0.2) is 0 Å². The summed E-state index contributed by atoms with van der Waals surface area (Å²) in [6.07, 6.45) is 16.3. The average molecular weight is 628 g/mol. The number of carbonyl (C=O) groups is 2. The number of amides is 2. The van der Waals surface area contributed by atoms with E-state index >= 15 is 0 Å². The van der Waals surface area contributed by atoms with E-state index in [1.807, 2.05) is 67.4 Å². The number of hydrazine groups is 1. The molecule has 8 nitrogen and oxygen atoms in total. The van der Waals surface area contributed by atoms with Gasteiger partial charge in [-0.2, -0.15) is 0 Å². The molecule has 1 aliphatic carbocycles. The maximum Gasteiger partial charge on any atom is 0.257 e. The molecular formula is C38H53N5O3. The Bertz CT molecular complexity index is 1340. The molecule has 0 radical (unpaired) electrons. The predicted molar refractivity (Wildman–Crippen MR) is 186 cm³/mol. The van der Waals surface area contributed by atoms with Gasteiger partial charge in [-0.05, 0) is 88.1 Å². The van der Waals surface area contributed by atoms with E-state index in [1.54, 1.807) is 30.0 Å². The highest BCUT2D eigenvalue weighted by Crippen LogP contribution is 2.24. The number of nitrogens with zero attached hydrogens (tertiary/aromatic N) is 3. The molecular weight excluding hydrogens is 574 g/mol. The molecule has 2 amide bonds. The number of carbonyl (C=O) groups excluding carboxylic acids is 2. The molecule has 1 fully saturated rings. The van der Waals surface area contributed by atoms with Crippen LogP contribution in [0.3, 0.4) is 0 Å². The fraction of sp³-hybridized carbons (Fsp3) is 0.474. The first-order valence-corrected chi connectivity index (χ1v) is 16.7. The van der Waals surface area contributed by atoms with Crippen molar-refractivity contribution in [2.75, 3.05) is 27.2 Å². The van der Waals surface area contributed by atoms with Crippen molar-refractivity contribution >= 4 is 11.8 Å². The molecule has 0 saturated carbocycles. The summed E-state index contributed by atoms with van der Waals surface area (Å²) in [5.41, 5.74) is 12.0. The molecule has 4 N–H and O–H groups in total. The van der Waals surface area contributed by atoms with Crippen molar-refractivity contribution in [2.24, 2.45) is 11.7 Å². The standard InChI is InChI=1S/C38H53N5O3/c1-38(2,39)24-14-19-35(44)41(3)34(28-30-20-22-32(23-21-30)31-17-10-6-11-18-31)37(46)42(4)33(27-29-15-8-5-9-16-29)36(45)40-43-25-12-7-13-26-43/h5-6,8-11,14-15,17-23,29,33-35,44H,7,12-13,16,24-28,39H2,1-4H3,(H,40,45)/b19-14+/t29?,33?,34-,35?/m1/s1. The number of nitrogens with one attached hydrogen (secondary N) is 1. The molecule has 46 heavy (non-hydrogen) atoms. The Morgan fingerprint density at radius 2 is 1.67 bits per heavy atom. The number of hydrogen-bond acceptors (Lipinski definition) is 6. The molecule has 0 bridgehead atoms. The normalized spacial score (nSPS) is 19.2. The van der Waals surface area contributed by atoms with Crippen LogP contribution in [0.25, 0.3) is 11.1 Å². The molecule has 2 aromatic rings. The van der Waals surface area contributed by atoms with Gasteiger partial charge in [0.05, 0.1) is 6.04 Å². The van der Waals surface area contributed by atoms with Crippen LogP contribution < -0.4 is 11.2 Å². The van der Waals surface area contributed by atoms with Gasteiger partial charge < -0.3 is 15.7 Å². The van der Waals surface area contributed by atoms with Crippen LogP contribution in [0.5, 0.6) is 0 Å². The molecule has 2 aliphatic rings. The lowest BCUT2D eigenvalue weighted by atomic mass is 9.91. The molecule has 2 aromatic carbocycles.